The maximum absolute atomic E-state index is 13.1. The molecular weight excluding hydrogens is 392 g/mol. The minimum Gasteiger partial charge on any atom is -0.487 e. The molecule has 2 aromatic heterocycles. The number of ether oxygens (including phenoxy) is 1. The van der Waals surface area contributed by atoms with Crippen LogP contribution in [0.5, 0.6) is 5.75 Å². The summed E-state index contributed by atoms with van der Waals surface area (Å²) < 4.78 is 6.15. The number of nitrogens with one attached hydrogen (secondary N) is 1. The summed E-state index contributed by atoms with van der Waals surface area (Å²) in [7, 11) is 0. The van der Waals surface area contributed by atoms with E-state index in [0.717, 1.165) is 16.5 Å². The Hall–Kier alpha value is -3.71. The summed E-state index contributed by atoms with van der Waals surface area (Å²) in [5.41, 5.74) is 2.92. The number of hydrogen-bond acceptors (Lipinski definition) is 5. The fraction of sp³-hybridized carbons (Fsp3) is 0.208. The van der Waals surface area contributed by atoms with Crippen LogP contribution in [0.15, 0.2) is 73.1 Å². The van der Waals surface area contributed by atoms with E-state index >= 15 is 0 Å². The van der Waals surface area contributed by atoms with Crippen molar-refractivity contribution in [3.63, 3.8) is 0 Å². The first-order valence-corrected chi connectivity index (χ1v) is 10.3. The monoisotopic (exact) mass is 414 g/mol. The first-order valence-electron chi connectivity index (χ1n) is 10.3. The molecule has 0 saturated carbocycles. The second-order valence-corrected chi connectivity index (χ2v) is 7.61. The van der Waals surface area contributed by atoms with E-state index in [2.05, 4.69) is 15.2 Å². The fourth-order valence-corrected chi connectivity index (χ4v) is 4.02. The summed E-state index contributed by atoms with van der Waals surface area (Å²) in [4.78, 5) is 19.2. The Morgan fingerprint density at radius 1 is 1.10 bits per heavy atom. The number of amides is 1. The maximum atomic E-state index is 13.1. The molecule has 31 heavy (non-hydrogen) atoms. The Balaban J connectivity index is 1.31. The molecule has 7 nitrogen and oxygen atoms in total. The van der Waals surface area contributed by atoms with Crippen LogP contribution < -0.4 is 4.74 Å². The third-order valence-corrected chi connectivity index (χ3v) is 5.62. The average molecular weight is 414 g/mol. The summed E-state index contributed by atoms with van der Waals surface area (Å²) in [5.74, 6) is 0.537. The van der Waals surface area contributed by atoms with E-state index in [9.17, 15) is 9.90 Å². The van der Waals surface area contributed by atoms with Crippen molar-refractivity contribution in [2.45, 2.75) is 18.6 Å². The first-order chi connectivity index (χ1) is 15.2. The van der Waals surface area contributed by atoms with Crippen LogP contribution in [-0.4, -0.2) is 56.4 Å². The lowest BCUT2D eigenvalue weighted by Gasteiger charge is -2.36. The van der Waals surface area contributed by atoms with Crippen LogP contribution in [0.25, 0.3) is 22.2 Å². The van der Waals surface area contributed by atoms with Gasteiger partial charge in [0, 0.05) is 30.1 Å². The molecule has 1 aliphatic rings. The Bertz CT molecular complexity index is 1200. The van der Waals surface area contributed by atoms with Gasteiger partial charge in [-0.2, -0.15) is 5.10 Å². The van der Waals surface area contributed by atoms with Crippen LogP contribution in [0.2, 0.25) is 0 Å². The number of pyridine rings is 1. The van der Waals surface area contributed by atoms with Crippen LogP contribution in [0.1, 0.15) is 16.8 Å². The normalized spacial score (nSPS) is 18.8. The molecule has 1 saturated heterocycles. The van der Waals surface area contributed by atoms with Crippen molar-refractivity contribution in [1.29, 1.82) is 0 Å². The zero-order valence-corrected chi connectivity index (χ0v) is 16.8. The molecule has 156 valence electrons. The molecule has 1 aliphatic heterocycles. The molecule has 0 radical (unpaired) electrons. The number of H-pyrrole nitrogens is 1. The molecule has 3 heterocycles. The van der Waals surface area contributed by atoms with Gasteiger partial charge in [-0.05, 0) is 24.3 Å². The minimum atomic E-state index is -0.795. The number of piperidine rings is 1. The molecule has 2 N–H and O–H groups in total. The lowest BCUT2D eigenvalue weighted by molar-refractivity contribution is -0.0192. The molecule has 1 amide bonds. The van der Waals surface area contributed by atoms with E-state index in [1.165, 1.54) is 0 Å². The largest absolute Gasteiger partial charge is 0.487 e. The van der Waals surface area contributed by atoms with Crippen LogP contribution in [0.4, 0.5) is 0 Å². The quantitative estimate of drug-likeness (QED) is 0.535. The molecule has 2 aromatic carbocycles. The smallest absolute Gasteiger partial charge is 0.257 e. The third-order valence-electron chi connectivity index (χ3n) is 5.62. The lowest BCUT2D eigenvalue weighted by atomic mass is 10.0. The number of aromatic amines is 1. The number of carbonyl (C=O) groups is 1. The molecule has 2 atom stereocenters. The SMILES string of the molecule is O=C(c1cn[nH]c1-c1ccccc1)N1CC[C@@H](Oc2cccc3ncccc23)[C@H](O)C1. The summed E-state index contributed by atoms with van der Waals surface area (Å²) in [5, 5.41) is 18.6. The number of hydrogen-bond donors (Lipinski definition) is 2. The van der Waals surface area contributed by atoms with E-state index in [0.29, 0.717) is 30.0 Å². The highest BCUT2D eigenvalue weighted by molar-refractivity contribution is 5.99. The first kappa shape index (κ1) is 19.3. The Labute approximate surface area is 179 Å². The number of β-amino-alcohol motifs (C(OH)–C–C–N with tert-alkyl or cyclic N) is 1. The van der Waals surface area contributed by atoms with Gasteiger partial charge in [0.25, 0.3) is 5.91 Å². The van der Waals surface area contributed by atoms with E-state index in [4.69, 9.17) is 4.74 Å². The number of rotatable bonds is 4. The second kappa shape index (κ2) is 8.20. The van der Waals surface area contributed by atoms with Crippen molar-refractivity contribution >= 4 is 16.8 Å². The van der Waals surface area contributed by atoms with Gasteiger partial charge in [-0.15, -0.1) is 0 Å². The van der Waals surface area contributed by atoms with Gasteiger partial charge in [-0.3, -0.25) is 14.9 Å². The highest BCUT2D eigenvalue weighted by Gasteiger charge is 2.33. The van der Waals surface area contributed by atoms with E-state index in [1.54, 1.807) is 17.3 Å². The highest BCUT2D eigenvalue weighted by Crippen LogP contribution is 2.28. The number of likely N-dealkylation sites (tertiary alicyclic amines) is 1. The maximum Gasteiger partial charge on any atom is 0.257 e. The van der Waals surface area contributed by atoms with Crippen LogP contribution in [0, 0.1) is 0 Å². The number of fused-ring (bicyclic) bond motifs is 1. The molecular formula is C24H22N4O3. The molecule has 7 heteroatoms. The number of aliphatic hydroxyl groups excluding tert-OH is 1. The molecule has 1 fully saturated rings. The Morgan fingerprint density at radius 2 is 1.97 bits per heavy atom. The van der Waals surface area contributed by atoms with Crippen molar-refractivity contribution in [2.75, 3.05) is 13.1 Å². The molecule has 0 aliphatic carbocycles. The second-order valence-electron chi connectivity index (χ2n) is 7.61. The van der Waals surface area contributed by atoms with Crippen molar-refractivity contribution < 1.29 is 14.6 Å². The molecule has 5 rings (SSSR count). The number of benzene rings is 2. The van der Waals surface area contributed by atoms with Crippen molar-refractivity contribution in [3.8, 4) is 17.0 Å². The predicted octanol–water partition coefficient (Wildman–Crippen LogP) is 3.28. The molecule has 0 bridgehead atoms. The standard InChI is InChI=1S/C24H22N4O3/c29-20-15-28(24(30)18-14-26-27-23(18)16-6-2-1-3-7-16)13-11-22(20)31-21-10-4-9-19-17(21)8-5-12-25-19/h1-10,12,14,20,22,29H,11,13,15H2,(H,26,27)/t20-,22-/m1/s1. The fourth-order valence-electron chi connectivity index (χ4n) is 4.02. The third kappa shape index (κ3) is 3.75. The number of aromatic nitrogens is 3. The van der Waals surface area contributed by atoms with Gasteiger partial charge in [0.15, 0.2) is 0 Å². The zero-order valence-electron chi connectivity index (χ0n) is 16.8. The van der Waals surface area contributed by atoms with Gasteiger partial charge in [-0.1, -0.05) is 36.4 Å². The van der Waals surface area contributed by atoms with E-state index in [-0.39, 0.29) is 12.5 Å². The van der Waals surface area contributed by atoms with Gasteiger partial charge >= 0.3 is 0 Å². The van der Waals surface area contributed by atoms with Crippen molar-refractivity contribution in [1.82, 2.24) is 20.1 Å². The molecule has 0 spiro atoms. The summed E-state index contributed by atoms with van der Waals surface area (Å²) >= 11 is 0. The van der Waals surface area contributed by atoms with Crippen LogP contribution in [0.3, 0.4) is 0 Å². The van der Waals surface area contributed by atoms with Gasteiger partial charge in [-0.25, -0.2) is 0 Å². The average Bonchev–Trinajstić information content (AvgIpc) is 3.31. The summed E-state index contributed by atoms with van der Waals surface area (Å²) in [6.45, 7) is 0.689. The Kier molecular flexibility index (Phi) is 5.09. The topological polar surface area (TPSA) is 91.3 Å². The number of nitrogens with zero attached hydrogens (tertiary/aromatic N) is 3. The van der Waals surface area contributed by atoms with E-state index in [1.807, 2.05) is 60.7 Å². The van der Waals surface area contributed by atoms with E-state index < -0.39 is 12.2 Å². The molecule has 0 unspecified atom stereocenters. The van der Waals surface area contributed by atoms with Gasteiger partial charge in [0.2, 0.25) is 0 Å². The highest BCUT2D eigenvalue weighted by atomic mass is 16.5. The summed E-state index contributed by atoms with van der Waals surface area (Å²) in [6, 6.07) is 19.1. The van der Waals surface area contributed by atoms with Gasteiger partial charge in [0.1, 0.15) is 18.0 Å². The van der Waals surface area contributed by atoms with Crippen molar-refractivity contribution in [2.24, 2.45) is 0 Å². The van der Waals surface area contributed by atoms with Crippen LogP contribution >= 0.6 is 0 Å². The lowest BCUT2D eigenvalue weighted by Crippen LogP contribution is -2.51. The summed E-state index contributed by atoms with van der Waals surface area (Å²) in [6.07, 6.45) is 2.62. The van der Waals surface area contributed by atoms with Crippen molar-refractivity contribution in [3.05, 3.63) is 78.6 Å². The number of aliphatic hydroxyl groups is 1. The molecule has 4 aromatic rings. The zero-order chi connectivity index (χ0) is 21.2. The Morgan fingerprint density at radius 3 is 2.81 bits per heavy atom. The van der Waals surface area contributed by atoms with Crippen LogP contribution in [-0.2, 0) is 0 Å². The minimum absolute atomic E-state index is 0.153. The predicted molar refractivity (Wildman–Crippen MR) is 117 cm³/mol. The van der Waals surface area contributed by atoms with Gasteiger partial charge in [0.05, 0.1) is 29.5 Å². The number of carbonyl (C=O) groups excluding carboxylic acids is 1. The van der Waals surface area contributed by atoms with Gasteiger partial charge < -0.3 is 14.7 Å².